The van der Waals surface area contributed by atoms with Gasteiger partial charge in [0.15, 0.2) is 0 Å². The first-order valence-corrected chi connectivity index (χ1v) is 8.30. The van der Waals surface area contributed by atoms with Crippen LogP contribution in [-0.2, 0) is 4.74 Å². The summed E-state index contributed by atoms with van der Waals surface area (Å²) < 4.78 is 6.26. The van der Waals surface area contributed by atoms with Crippen molar-refractivity contribution in [2.24, 2.45) is 17.7 Å². The van der Waals surface area contributed by atoms with E-state index in [0.717, 1.165) is 18.4 Å². The van der Waals surface area contributed by atoms with Crippen molar-refractivity contribution in [3.8, 4) is 0 Å². The van der Waals surface area contributed by atoms with Crippen LogP contribution in [0.1, 0.15) is 71.6 Å². The van der Waals surface area contributed by atoms with E-state index in [-0.39, 0.29) is 5.60 Å². The normalized spacial score (nSPS) is 34.6. The topological polar surface area (TPSA) is 47.3 Å². The number of nitrogens with one attached hydrogen (secondary N) is 1. The van der Waals surface area contributed by atoms with Crippen molar-refractivity contribution in [1.29, 1.82) is 0 Å². The smallest absolute Gasteiger partial charge is 0.0850 e. The number of hydrazine groups is 1. The van der Waals surface area contributed by atoms with Crippen LogP contribution in [0.2, 0.25) is 0 Å². The van der Waals surface area contributed by atoms with Gasteiger partial charge in [-0.05, 0) is 38.0 Å². The lowest BCUT2D eigenvalue weighted by molar-refractivity contribution is -0.104. The number of nitrogens with two attached hydrogens (primary N) is 1. The van der Waals surface area contributed by atoms with Crippen LogP contribution < -0.4 is 11.3 Å². The minimum atomic E-state index is -0.0102. The summed E-state index contributed by atoms with van der Waals surface area (Å²) in [5.41, 5.74) is 3.11. The van der Waals surface area contributed by atoms with Crippen LogP contribution >= 0.6 is 0 Å². The first kappa shape index (κ1) is 15.3. The predicted molar refractivity (Wildman–Crippen MR) is 79.7 cm³/mol. The van der Waals surface area contributed by atoms with Gasteiger partial charge in [0.2, 0.25) is 0 Å². The Labute approximate surface area is 118 Å². The zero-order valence-electron chi connectivity index (χ0n) is 12.8. The maximum Gasteiger partial charge on any atom is 0.0850 e. The molecule has 2 saturated carbocycles. The summed E-state index contributed by atoms with van der Waals surface area (Å²) >= 11 is 0. The summed E-state index contributed by atoms with van der Waals surface area (Å²) in [7, 11) is 0. The molecule has 112 valence electrons. The van der Waals surface area contributed by atoms with Crippen LogP contribution in [0.3, 0.4) is 0 Å². The van der Waals surface area contributed by atoms with E-state index in [1.54, 1.807) is 0 Å². The molecule has 2 aliphatic rings. The number of hydrogen-bond donors (Lipinski definition) is 2. The molecular formula is C16H32N2O. The average molecular weight is 268 g/mol. The molecule has 3 N–H and O–H groups in total. The Morgan fingerprint density at radius 2 is 2.00 bits per heavy atom. The van der Waals surface area contributed by atoms with Gasteiger partial charge in [-0.3, -0.25) is 11.3 Å². The summed E-state index contributed by atoms with van der Waals surface area (Å²) in [4.78, 5) is 0. The molecule has 0 heterocycles. The number of hydrogen-bond acceptors (Lipinski definition) is 3. The van der Waals surface area contributed by atoms with E-state index in [1.165, 1.54) is 57.8 Å². The van der Waals surface area contributed by atoms with Gasteiger partial charge in [0.1, 0.15) is 0 Å². The van der Waals surface area contributed by atoms with Gasteiger partial charge in [0.25, 0.3) is 0 Å². The van der Waals surface area contributed by atoms with Gasteiger partial charge in [-0.15, -0.1) is 0 Å². The molecule has 3 heteroatoms. The Kier molecular flexibility index (Phi) is 5.67. The van der Waals surface area contributed by atoms with Gasteiger partial charge in [-0.25, -0.2) is 0 Å². The van der Waals surface area contributed by atoms with Crippen molar-refractivity contribution < 1.29 is 4.74 Å². The van der Waals surface area contributed by atoms with E-state index < -0.39 is 0 Å². The lowest BCUT2D eigenvalue weighted by Gasteiger charge is -2.45. The van der Waals surface area contributed by atoms with Crippen LogP contribution in [0.15, 0.2) is 0 Å². The molecule has 0 bridgehead atoms. The predicted octanol–water partition coefficient (Wildman–Crippen LogP) is 3.38. The second-order valence-electron chi connectivity index (χ2n) is 6.80. The Morgan fingerprint density at radius 3 is 2.58 bits per heavy atom. The molecule has 19 heavy (non-hydrogen) atoms. The molecule has 0 amide bonds. The summed E-state index contributed by atoms with van der Waals surface area (Å²) in [6.07, 6.45) is 11.7. The summed E-state index contributed by atoms with van der Waals surface area (Å²) in [5, 5.41) is 0. The van der Waals surface area contributed by atoms with Crippen molar-refractivity contribution in [3.63, 3.8) is 0 Å². The molecule has 0 aromatic heterocycles. The highest BCUT2D eigenvalue weighted by atomic mass is 16.5. The van der Waals surface area contributed by atoms with Gasteiger partial charge < -0.3 is 4.74 Å². The molecule has 2 fully saturated rings. The van der Waals surface area contributed by atoms with E-state index in [9.17, 15) is 0 Å². The van der Waals surface area contributed by atoms with Crippen molar-refractivity contribution in [2.75, 3.05) is 6.61 Å². The van der Waals surface area contributed by atoms with Gasteiger partial charge in [0, 0.05) is 6.61 Å². The minimum Gasteiger partial charge on any atom is -0.374 e. The fourth-order valence-corrected chi connectivity index (χ4v) is 4.39. The monoisotopic (exact) mass is 268 g/mol. The average Bonchev–Trinajstić information content (AvgIpc) is 2.89. The lowest BCUT2D eigenvalue weighted by atomic mass is 9.72. The Morgan fingerprint density at radius 1 is 1.26 bits per heavy atom. The zero-order chi connectivity index (χ0) is 13.7. The SMILES string of the molecule is CCOC1(C(CC2CCCC2)NN)CCCC(C)C1. The largest absolute Gasteiger partial charge is 0.374 e. The van der Waals surface area contributed by atoms with Gasteiger partial charge >= 0.3 is 0 Å². The van der Waals surface area contributed by atoms with E-state index >= 15 is 0 Å². The first-order chi connectivity index (χ1) is 9.20. The molecular weight excluding hydrogens is 236 g/mol. The zero-order valence-corrected chi connectivity index (χ0v) is 12.8. The van der Waals surface area contributed by atoms with E-state index in [2.05, 4.69) is 19.3 Å². The van der Waals surface area contributed by atoms with Crippen LogP contribution in [-0.4, -0.2) is 18.2 Å². The maximum absolute atomic E-state index is 6.26. The fourth-order valence-electron chi connectivity index (χ4n) is 4.39. The Hall–Kier alpha value is -0.120. The van der Waals surface area contributed by atoms with E-state index in [4.69, 9.17) is 10.6 Å². The Bertz CT molecular complexity index is 261. The van der Waals surface area contributed by atoms with Crippen molar-refractivity contribution in [3.05, 3.63) is 0 Å². The molecule has 3 nitrogen and oxygen atoms in total. The Balaban J connectivity index is 2.04. The fraction of sp³-hybridized carbons (Fsp3) is 1.00. The quantitative estimate of drug-likeness (QED) is 0.573. The van der Waals surface area contributed by atoms with Crippen molar-refractivity contribution in [2.45, 2.75) is 83.3 Å². The summed E-state index contributed by atoms with van der Waals surface area (Å²) in [5.74, 6) is 7.53. The van der Waals surface area contributed by atoms with Crippen LogP contribution in [0, 0.1) is 11.8 Å². The van der Waals surface area contributed by atoms with Crippen molar-refractivity contribution >= 4 is 0 Å². The van der Waals surface area contributed by atoms with Gasteiger partial charge in [-0.2, -0.15) is 0 Å². The molecule has 0 aliphatic heterocycles. The molecule has 3 atom stereocenters. The molecule has 0 aromatic carbocycles. The molecule has 0 aromatic rings. The van der Waals surface area contributed by atoms with Crippen molar-refractivity contribution in [1.82, 2.24) is 5.43 Å². The summed E-state index contributed by atoms with van der Waals surface area (Å²) in [6.45, 7) is 5.27. The highest BCUT2D eigenvalue weighted by Crippen LogP contribution is 2.41. The highest BCUT2D eigenvalue weighted by Gasteiger charge is 2.43. The summed E-state index contributed by atoms with van der Waals surface area (Å²) in [6, 6.07) is 0.332. The molecule has 2 aliphatic carbocycles. The third kappa shape index (κ3) is 3.71. The number of rotatable bonds is 6. The molecule has 3 unspecified atom stereocenters. The third-order valence-electron chi connectivity index (χ3n) is 5.30. The van der Waals surface area contributed by atoms with Gasteiger partial charge in [-0.1, -0.05) is 45.4 Å². The van der Waals surface area contributed by atoms with Crippen LogP contribution in [0.4, 0.5) is 0 Å². The van der Waals surface area contributed by atoms with Gasteiger partial charge in [0.05, 0.1) is 11.6 Å². The molecule has 0 saturated heterocycles. The van der Waals surface area contributed by atoms with E-state index in [0.29, 0.717) is 6.04 Å². The lowest BCUT2D eigenvalue weighted by Crippen LogP contribution is -2.57. The first-order valence-electron chi connectivity index (χ1n) is 8.30. The minimum absolute atomic E-state index is 0.0102. The second kappa shape index (κ2) is 7.05. The van der Waals surface area contributed by atoms with Crippen LogP contribution in [0.5, 0.6) is 0 Å². The maximum atomic E-state index is 6.26. The molecule has 0 spiro atoms. The van der Waals surface area contributed by atoms with Crippen LogP contribution in [0.25, 0.3) is 0 Å². The molecule has 2 rings (SSSR count). The number of ether oxygens (including phenoxy) is 1. The molecule has 0 radical (unpaired) electrons. The second-order valence-corrected chi connectivity index (χ2v) is 6.80. The standard InChI is InChI=1S/C16H32N2O/c1-3-19-16(10-6-7-13(2)12-16)15(18-17)11-14-8-4-5-9-14/h13-15,18H,3-12,17H2,1-2H3. The van der Waals surface area contributed by atoms with E-state index in [1.807, 2.05) is 0 Å². The third-order valence-corrected chi connectivity index (χ3v) is 5.30. The highest BCUT2D eigenvalue weighted by molar-refractivity contribution is 4.97.